The molecule has 0 spiro atoms. The number of aryl methyl sites for hydroxylation is 1. The quantitative estimate of drug-likeness (QED) is 0.282. The van der Waals surface area contributed by atoms with E-state index in [2.05, 4.69) is 32.7 Å². The molecule has 24 heavy (non-hydrogen) atoms. The molecule has 1 aromatic heterocycles. The third-order valence-electron chi connectivity index (χ3n) is 3.30. The van der Waals surface area contributed by atoms with Crippen molar-refractivity contribution in [3.8, 4) is 5.75 Å². The van der Waals surface area contributed by atoms with E-state index in [0.29, 0.717) is 13.2 Å². The van der Waals surface area contributed by atoms with Gasteiger partial charge in [0.2, 0.25) is 0 Å². The summed E-state index contributed by atoms with van der Waals surface area (Å²) in [4.78, 5) is 4.19. The first-order valence-corrected chi connectivity index (χ1v) is 7.82. The molecule has 0 saturated carbocycles. The summed E-state index contributed by atoms with van der Waals surface area (Å²) < 4.78 is 7.64. The number of rotatable bonds is 8. The summed E-state index contributed by atoms with van der Waals surface area (Å²) in [5.41, 5.74) is 0. The van der Waals surface area contributed by atoms with Gasteiger partial charge in [0.15, 0.2) is 11.8 Å². The van der Waals surface area contributed by atoms with Gasteiger partial charge in [0.05, 0.1) is 13.2 Å². The van der Waals surface area contributed by atoms with Crippen molar-refractivity contribution in [2.75, 3.05) is 20.2 Å². The molecule has 132 valence electrons. The molecule has 7 nitrogen and oxygen atoms in total. The van der Waals surface area contributed by atoms with Crippen LogP contribution in [0.1, 0.15) is 19.2 Å². The molecule has 1 aromatic carbocycles. The molecule has 1 heterocycles. The molecule has 0 saturated heterocycles. The largest absolute Gasteiger partial charge is 0.494 e. The predicted molar refractivity (Wildman–Crippen MR) is 106 cm³/mol. The van der Waals surface area contributed by atoms with E-state index in [-0.39, 0.29) is 24.0 Å². The van der Waals surface area contributed by atoms with Crippen LogP contribution in [-0.4, -0.2) is 40.9 Å². The highest BCUT2D eigenvalue weighted by Gasteiger charge is 2.03. The van der Waals surface area contributed by atoms with E-state index in [4.69, 9.17) is 4.74 Å². The Kier molecular flexibility index (Phi) is 9.81. The molecule has 0 unspecified atom stereocenters. The fraction of sp³-hybridized carbons (Fsp3) is 0.438. The Hall–Kier alpha value is -1.84. The van der Waals surface area contributed by atoms with Crippen molar-refractivity contribution < 1.29 is 4.74 Å². The minimum Gasteiger partial charge on any atom is -0.494 e. The van der Waals surface area contributed by atoms with Crippen molar-refractivity contribution in [1.82, 2.24) is 25.4 Å². The van der Waals surface area contributed by atoms with E-state index in [9.17, 15) is 0 Å². The van der Waals surface area contributed by atoms with Gasteiger partial charge >= 0.3 is 0 Å². The molecule has 2 aromatic rings. The number of ether oxygens (including phenoxy) is 1. The first-order valence-electron chi connectivity index (χ1n) is 7.82. The second-order valence-corrected chi connectivity index (χ2v) is 4.90. The monoisotopic (exact) mass is 444 g/mol. The highest BCUT2D eigenvalue weighted by Crippen LogP contribution is 2.07. The maximum Gasteiger partial charge on any atom is 0.191 e. The second-order valence-electron chi connectivity index (χ2n) is 4.90. The van der Waals surface area contributed by atoms with Crippen molar-refractivity contribution in [2.24, 2.45) is 4.99 Å². The molecule has 2 N–H and O–H groups in total. The molecule has 0 aliphatic carbocycles. The number of aliphatic imine (C=N–C) groups is 1. The van der Waals surface area contributed by atoms with Crippen LogP contribution >= 0.6 is 24.0 Å². The van der Waals surface area contributed by atoms with Gasteiger partial charge in [0.1, 0.15) is 12.1 Å². The molecule has 2 rings (SSSR count). The molecule has 0 radical (unpaired) electrons. The standard InChI is InChI=1S/C16H24N6O.HI/c1-3-22-13-20-21-15(22)12-19-16(17-2)18-10-7-11-23-14-8-5-4-6-9-14;/h4-6,8-9,13H,3,7,10-12H2,1-2H3,(H2,17,18,19);1H. The number of hydrogen-bond donors (Lipinski definition) is 2. The van der Waals surface area contributed by atoms with Gasteiger partial charge in [-0.2, -0.15) is 0 Å². The van der Waals surface area contributed by atoms with Gasteiger partial charge in [-0.15, -0.1) is 34.2 Å². The minimum atomic E-state index is 0. The number of halogens is 1. The lowest BCUT2D eigenvalue weighted by Crippen LogP contribution is -2.38. The van der Waals surface area contributed by atoms with Gasteiger partial charge < -0.3 is 19.9 Å². The summed E-state index contributed by atoms with van der Waals surface area (Å²) in [6.07, 6.45) is 2.62. The Morgan fingerprint density at radius 2 is 2.04 bits per heavy atom. The summed E-state index contributed by atoms with van der Waals surface area (Å²) in [6.45, 7) is 4.96. The van der Waals surface area contributed by atoms with Crippen LogP contribution in [0.3, 0.4) is 0 Å². The number of hydrogen-bond acceptors (Lipinski definition) is 4. The average Bonchev–Trinajstić information content (AvgIpc) is 3.06. The Balaban J connectivity index is 0.00000288. The lowest BCUT2D eigenvalue weighted by molar-refractivity contribution is 0.311. The molecular formula is C16H25IN6O. The summed E-state index contributed by atoms with van der Waals surface area (Å²) in [5.74, 6) is 2.53. The van der Waals surface area contributed by atoms with Gasteiger partial charge in [-0.25, -0.2) is 0 Å². The molecule has 8 heteroatoms. The summed E-state index contributed by atoms with van der Waals surface area (Å²) in [5, 5.41) is 14.5. The Morgan fingerprint density at radius 3 is 2.75 bits per heavy atom. The molecular weight excluding hydrogens is 419 g/mol. The predicted octanol–water partition coefficient (Wildman–Crippen LogP) is 2.05. The average molecular weight is 444 g/mol. The Morgan fingerprint density at radius 1 is 1.25 bits per heavy atom. The Bertz CT molecular complexity index is 602. The molecule has 0 fully saturated rings. The SMILES string of the molecule is CCn1cnnc1CNC(=NC)NCCCOc1ccccc1.I. The van der Waals surface area contributed by atoms with Crippen molar-refractivity contribution in [3.05, 3.63) is 42.5 Å². The number of aromatic nitrogens is 3. The van der Waals surface area contributed by atoms with Crippen LogP contribution in [0.15, 0.2) is 41.7 Å². The fourth-order valence-electron chi connectivity index (χ4n) is 2.05. The highest BCUT2D eigenvalue weighted by atomic mass is 127. The van der Waals surface area contributed by atoms with E-state index in [1.54, 1.807) is 13.4 Å². The van der Waals surface area contributed by atoms with E-state index in [0.717, 1.165) is 37.0 Å². The van der Waals surface area contributed by atoms with E-state index >= 15 is 0 Å². The Labute approximate surface area is 159 Å². The molecule has 0 amide bonds. The molecule has 0 aliphatic heterocycles. The first-order chi connectivity index (χ1) is 11.3. The lowest BCUT2D eigenvalue weighted by Gasteiger charge is -2.12. The zero-order valence-corrected chi connectivity index (χ0v) is 16.4. The van der Waals surface area contributed by atoms with Crippen molar-refractivity contribution in [1.29, 1.82) is 0 Å². The van der Waals surface area contributed by atoms with E-state index in [1.165, 1.54) is 0 Å². The van der Waals surface area contributed by atoms with E-state index in [1.807, 2.05) is 34.9 Å². The lowest BCUT2D eigenvalue weighted by atomic mass is 10.3. The number of para-hydroxylation sites is 1. The summed E-state index contributed by atoms with van der Waals surface area (Å²) >= 11 is 0. The van der Waals surface area contributed by atoms with Crippen molar-refractivity contribution in [3.63, 3.8) is 0 Å². The summed E-state index contributed by atoms with van der Waals surface area (Å²) in [6, 6.07) is 9.82. The van der Waals surface area contributed by atoms with Crippen LogP contribution in [0.5, 0.6) is 5.75 Å². The zero-order chi connectivity index (χ0) is 16.3. The maximum atomic E-state index is 5.65. The smallest absolute Gasteiger partial charge is 0.191 e. The number of nitrogens with one attached hydrogen (secondary N) is 2. The normalized spacial score (nSPS) is 10.8. The van der Waals surface area contributed by atoms with Crippen LogP contribution in [0, 0.1) is 0 Å². The summed E-state index contributed by atoms with van der Waals surface area (Å²) in [7, 11) is 1.75. The van der Waals surface area contributed by atoms with Gasteiger partial charge in [0, 0.05) is 20.1 Å². The van der Waals surface area contributed by atoms with Crippen LogP contribution in [0.25, 0.3) is 0 Å². The van der Waals surface area contributed by atoms with Crippen LogP contribution < -0.4 is 15.4 Å². The highest BCUT2D eigenvalue weighted by molar-refractivity contribution is 14.0. The van der Waals surface area contributed by atoms with Crippen molar-refractivity contribution >= 4 is 29.9 Å². The van der Waals surface area contributed by atoms with Gasteiger partial charge in [0.25, 0.3) is 0 Å². The van der Waals surface area contributed by atoms with Crippen LogP contribution in [0.2, 0.25) is 0 Å². The molecule has 0 aliphatic rings. The first kappa shape index (κ1) is 20.2. The molecule has 0 atom stereocenters. The maximum absolute atomic E-state index is 5.65. The third-order valence-corrected chi connectivity index (χ3v) is 3.30. The number of benzene rings is 1. The van der Waals surface area contributed by atoms with Crippen LogP contribution in [0.4, 0.5) is 0 Å². The number of guanidine groups is 1. The minimum absolute atomic E-state index is 0. The zero-order valence-electron chi connectivity index (χ0n) is 14.1. The van der Waals surface area contributed by atoms with Crippen LogP contribution in [-0.2, 0) is 13.1 Å². The van der Waals surface area contributed by atoms with E-state index < -0.39 is 0 Å². The molecule has 0 bridgehead atoms. The third kappa shape index (κ3) is 6.73. The fourth-order valence-corrected chi connectivity index (χ4v) is 2.05. The topological polar surface area (TPSA) is 76.4 Å². The van der Waals surface area contributed by atoms with Gasteiger partial charge in [-0.3, -0.25) is 4.99 Å². The number of nitrogens with zero attached hydrogens (tertiary/aromatic N) is 4. The van der Waals surface area contributed by atoms with Gasteiger partial charge in [-0.1, -0.05) is 18.2 Å². The van der Waals surface area contributed by atoms with Gasteiger partial charge in [-0.05, 0) is 25.5 Å². The van der Waals surface area contributed by atoms with Crippen molar-refractivity contribution in [2.45, 2.75) is 26.4 Å². The second kappa shape index (κ2) is 11.7.